The van der Waals surface area contributed by atoms with Crippen LogP contribution in [0.15, 0.2) is 59.8 Å². The third kappa shape index (κ3) is 5.05. The molecule has 0 N–H and O–H groups in total. The average Bonchev–Trinajstić information content (AvgIpc) is 2.62. The van der Waals surface area contributed by atoms with Crippen LogP contribution in [0.4, 0.5) is 4.39 Å². The van der Waals surface area contributed by atoms with Gasteiger partial charge in [0, 0.05) is 11.8 Å². The molecule has 3 nitrogen and oxygen atoms in total. The minimum atomic E-state index is -0.294. The minimum Gasteiger partial charge on any atom is -0.439 e. The molecule has 0 bridgehead atoms. The van der Waals surface area contributed by atoms with Crippen molar-refractivity contribution in [3.8, 4) is 11.6 Å². The SMILES string of the molecule is Cc1cccc(CSc2nc(Oc3ccc(F)cc3)cc(C(C)C)n2)c1. The summed E-state index contributed by atoms with van der Waals surface area (Å²) in [7, 11) is 0. The molecule has 2 aromatic carbocycles. The lowest BCUT2D eigenvalue weighted by Crippen LogP contribution is -2.00. The number of thioether (sulfide) groups is 1. The van der Waals surface area contributed by atoms with Gasteiger partial charge in [0.05, 0.1) is 5.69 Å². The van der Waals surface area contributed by atoms with E-state index in [4.69, 9.17) is 4.74 Å². The lowest BCUT2D eigenvalue weighted by molar-refractivity contribution is 0.451. The Morgan fingerprint density at radius 2 is 1.81 bits per heavy atom. The molecule has 5 heteroatoms. The molecule has 0 fully saturated rings. The largest absolute Gasteiger partial charge is 0.439 e. The molecule has 26 heavy (non-hydrogen) atoms. The van der Waals surface area contributed by atoms with E-state index in [1.54, 1.807) is 23.9 Å². The number of aryl methyl sites for hydroxylation is 1. The zero-order chi connectivity index (χ0) is 18.5. The van der Waals surface area contributed by atoms with Crippen LogP contribution in [0.2, 0.25) is 0 Å². The van der Waals surface area contributed by atoms with Gasteiger partial charge in [-0.2, -0.15) is 4.98 Å². The zero-order valence-electron chi connectivity index (χ0n) is 15.1. The number of hydrogen-bond acceptors (Lipinski definition) is 4. The molecule has 3 aromatic rings. The molecule has 0 saturated carbocycles. The van der Waals surface area contributed by atoms with Crippen LogP contribution < -0.4 is 4.74 Å². The van der Waals surface area contributed by atoms with Crippen LogP contribution in [0.1, 0.15) is 36.6 Å². The Bertz CT molecular complexity index is 881. The summed E-state index contributed by atoms with van der Waals surface area (Å²) in [6.45, 7) is 6.25. The lowest BCUT2D eigenvalue weighted by atomic mass is 10.1. The van der Waals surface area contributed by atoms with E-state index in [0.717, 1.165) is 11.4 Å². The van der Waals surface area contributed by atoms with Gasteiger partial charge in [-0.15, -0.1) is 0 Å². The summed E-state index contributed by atoms with van der Waals surface area (Å²) in [5.74, 6) is 1.78. The number of hydrogen-bond donors (Lipinski definition) is 0. The van der Waals surface area contributed by atoms with E-state index in [-0.39, 0.29) is 11.7 Å². The summed E-state index contributed by atoms with van der Waals surface area (Å²) in [4.78, 5) is 9.14. The first-order valence-electron chi connectivity index (χ1n) is 8.50. The van der Waals surface area contributed by atoms with Crippen molar-refractivity contribution in [1.29, 1.82) is 0 Å². The smallest absolute Gasteiger partial charge is 0.223 e. The van der Waals surface area contributed by atoms with Gasteiger partial charge < -0.3 is 4.74 Å². The molecule has 0 radical (unpaired) electrons. The van der Waals surface area contributed by atoms with Gasteiger partial charge in [0.2, 0.25) is 5.88 Å². The van der Waals surface area contributed by atoms with E-state index in [1.165, 1.54) is 23.3 Å². The third-order valence-electron chi connectivity index (χ3n) is 3.78. The molecule has 0 unspecified atom stereocenters. The van der Waals surface area contributed by atoms with Gasteiger partial charge in [-0.25, -0.2) is 9.37 Å². The summed E-state index contributed by atoms with van der Waals surface area (Å²) in [5.41, 5.74) is 3.39. The zero-order valence-corrected chi connectivity index (χ0v) is 15.9. The molecule has 0 saturated heterocycles. The second-order valence-electron chi connectivity index (χ2n) is 6.40. The number of aromatic nitrogens is 2. The molecular weight excluding hydrogens is 347 g/mol. The highest BCUT2D eigenvalue weighted by atomic mass is 32.2. The highest BCUT2D eigenvalue weighted by Crippen LogP contribution is 2.27. The second kappa shape index (κ2) is 8.32. The molecular formula is C21H21FN2OS. The molecule has 3 rings (SSSR count). The van der Waals surface area contributed by atoms with Crippen molar-refractivity contribution >= 4 is 11.8 Å². The predicted octanol–water partition coefficient (Wildman–Crippen LogP) is 6.13. The van der Waals surface area contributed by atoms with Crippen LogP contribution in [0.5, 0.6) is 11.6 Å². The Balaban J connectivity index is 1.80. The number of nitrogens with zero attached hydrogens (tertiary/aromatic N) is 2. The van der Waals surface area contributed by atoms with E-state index in [9.17, 15) is 4.39 Å². The van der Waals surface area contributed by atoms with Crippen molar-refractivity contribution in [2.45, 2.75) is 37.6 Å². The fraction of sp³-hybridized carbons (Fsp3) is 0.238. The maximum atomic E-state index is 13.1. The van der Waals surface area contributed by atoms with Gasteiger partial charge in [-0.05, 0) is 42.7 Å². The number of halogens is 1. The second-order valence-corrected chi connectivity index (χ2v) is 7.34. The van der Waals surface area contributed by atoms with Crippen LogP contribution in [0, 0.1) is 12.7 Å². The normalized spacial score (nSPS) is 11.0. The van der Waals surface area contributed by atoms with Crippen molar-refractivity contribution < 1.29 is 9.13 Å². The van der Waals surface area contributed by atoms with Gasteiger partial charge in [0.1, 0.15) is 11.6 Å². The van der Waals surface area contributed by atoms with Crippen LogP contribution >= 0.6 is 11.8 Å². The molecule has 0 amide bonds. The first kappa shape index (κ1) is 18.4. The summed E-state index contributed by atoms with van der Waals surface area (Å²) in [6, 6.07) is 16.2. The van der Waals surface area contributed by atoms with Gasteiger partial charge >= 0.3 is 0 Å². The first-order chi connectivity index (χ1) is 12.5. The summed E-state index contributed by atoms with van der Waals surface area (Å²) in [5, 5.41) is 0.676. The standard InChI is InChI=1S/C21H21FN2OS/c1-14(2)19-12-20(25-18-9-7-17(22)8-10-18)24-21(23-19)26-13-16-6-4-5-15(3)11-16/h4-12,14H,13H2,1-3H3. The van der Waals surface area contributed by atoms with E-state index in [2.05, 4.69) is 55.0 Å². The quantitative estimate of drug-likeness (QED) is 0.387. The first-order valence-corrected chi connectivity index (χ1v) is 9.49. The highest BCUT2D eigenvalue weighted by Gasteiger charge is 2.10. The molecule has 134 valence electrons. The number of ether oxygens (including phenoxy) is 1. The summed E-state index contributed by atoms with van der Waals surface area (Å²) >= 11 is 1.58. The Kier molecular flexibility index (Phi) is 5.89. The molecule has 0 atom stereocenters. The Hall–Kier alpha value is -2.40. The Labute approximate surface area is 157 Å². The Morgan fingerprint density at radius 3 is 2.50 bits per heavy atom. The van der Waals surface area contributed by atoms with Crippen LogP contribution in [0.25, 0.3) is 0 Å². The van der Waals surface area contributed by atoms with Gasteiger partial charge in [-0.3, -0.25) is 0 Å². The fourth-order valence-corrected chi connectivity index (χ4v) is 3.21. The number of rotatable bonds is 6. The van der Waals surface area contributed by atoms with Crippen LogP contribution in [-0.4, -0.2) is 9.97 Å². The van der Waals surface area contributed by atoms with Crippen molar-refractivity contribution in [3.05, 3.63) is 77.2 Å². The fourth-order valence-electron chi connectivity index (χ4n) is 2.41. The number of benzene rings is 2. The maximum absolute atomic E-state index is 13.1. The van der Waals surface area contributed by atoms with Crippen molar-refractivity contribution in [1.82, 2.24) is 9.97 Å². The molecule has 1 aromatic heterocycles. The maximum Gasteiger partial charge on any atom is 0.223 e. The predicted molar refractivity (Wildman–Crippen MR) is 103 cm³/mol. The molecule has 1 heterocycles. The van der Waals surface area contributed by atoms with E-state index in [1.807, 2.05) is 6.07 Å². The summed E-state index contributed by atoms with van der Waals surface area (Å²) in [6.07, 6.45) is 0. The molecule has 0 spiro atoms. The minimum absolute atomic E-state index is 0.256. The molecule has 0 aliphatic heterocycles. The monoisotopic (exact) mass is 368 g/mol. The van der Waals surface area contributed by atoms with Crippen molar-refractivity contribution in [2.75, 3.05) is 0 Å². The van der Waals surface area contributed by atoms with Crippen molar-refractivity contribution in [3.63, 3.8) is 0 Å². The average molecular weight is 368 g/mol. The van der Waals surface area contributed by atoms with Gasteiger partial charge in [0.15, 0.2) is 5.16 Å². The lowest BCUT2D eigenvalue weighted by Gasteiger charge is -2.11. The summed E-state index contributed by atoms with van der Waals surface area (Å²) < 4.78 is 18.9. The third-order valence-corrected chi connectivity index (χ3v) is 4.70. The topological polar surface area (TPSA) is 35.0 Å². The van der Waals surface area contributed by atoms with E-state index in [0.29, 0.717) is 16.8 Å². The van der Waals surface area contributed by atoms with Crippen molar-refractivity contribution in [2.24, 2.45) is 0 Å². The Morgan fingerprint density at radius 1 is 1.04 bits per heavy atom. The van der Waals surface area contributed by atoms with E-state index >= 15 is 0 Å². The van der Waals surface area contributed by atoms with Gasteiger partial charge in [-0.1, -0.05) is 55.4 Å². The van der Waals surface area contributed by atoms with Crippen LogP contribution in [-0.2, 0) is 5.75 Å². The highest BCUT2D eigenvalue weighted by molar-refractivity contribution is 7.98. The van der Waals surface area contributed by atoms with E-state index < -0.39 is 0 Å². The molecule has 0 aliphatic carbocycles. The van der Waals surface area contributed by atoms with Crippen LogP contribution in [0.3, 0.4) is 0 Å². The molecule has 0 aliphatic rings. The van der Waals surface area contributed by atoms with Gasteiger partial charge in [0.25, 0.3) is 0 Å².